The van der Waals surface area contributed by atoms with E-state index >= 15 is 0 Å². The highest BCUT2D eigenvalue weighted by Crippen LogP contribution is 2.11. The zero-order valence-corrected chi connectivity index (χ0v) is 11.0. The summed E-state index contributed by atoms with van der Waals surface area (Å²) in [6.45, 7) is 2.34. The first-order valence-electron chi connectivity index (χ1n) is 5.52. The number of nitrogens with zero attached hydrogens (tertiary/aromatic N) is 1. The highest BCUT2D eigenvalue weighted by atomic mass is 32.1. The van der Waals surface area contributed by atoms with Gasteiger partial charge in [0.2, 0.25) is 0 Å². The van der Waals surface area contributed by atoms with Crippen molar-refractivity contribution in [1.82, 2.24) is 10.2 Å². The van der Waals surface area contributed by atoms with Gasteiger partial charge in [-0.1, -0.05) is 0 Å². The lowest BCUT2D eigenvalue weighted by Crippen LogP contribution is -2.54. The van der Waals surface area contributed by atoms with Crippen molar-refractivity contribution in [2.45, 2.75) is 12.4 Å². The molecule has 7 heteroatoms. The van der Waals surface area contributed by atoms with Gasteiger partial charge in [-0.3, -0.25) is 0 Å². The Labute approximate surface area is 107 Å². The summed E-state index contributed by atoms with van der Waals surface area (Å²) in [5, 5.41) is 12.8. The summed E-state index contributed by atoms with van der Waals surface area (Å²) in [4.78, 5) is 1.93. The van der Waals surface area contributed by atoms with Gasteiger partial charge >= 0.3 is 0 Å². The number of rotatable bonds is 5. The molecule has 0 aliphatic carbocycles. The zero-order chi connectivity index (χ0) is 12.7. The molecule has 0 aromatic rings. The Bertz CT molecular complexity index is 230. The average molecular weight is 264 g/mol. The largest absolute Gasteiger partial charge is 0.394 e. The minimum Gasteiger partial charge on any atom is -0.394 e. The number of thiocarbonyl (C=S) groups is 1. The second-order valence-electron chi connectivity index (χ2n) is 3.74. The van der Waals surface area contributed by atoms with E-state index in [2.05, 4.69) is 5.32 Å². The number of nitrogens with one attached hydrogen (secondary N) is 1. The maximum absolute atomic E-state index is 9.13. The summed E-state index contributed by atoms with van der Waals surface area (Å²) < 4.78 is 15.5. The Balaban J connectivity index is 2.42. The number of morpholine rings is 1. The van der Waals surface area contributed by atoms with Crippen LogP contribution in [-0.4, -0.2) is 74.6 Å². The van der Waals surface area contributed by atoms with Gasteiger partial charge in [-0.2, -0.15) is 0 Å². The smallest absolute Gasteiger partial charge is 0.175 e. The van der Waals surface area contributed by atoms with Gasteiger partial charge in [0.05, 0.1) is 19.8 Å². The molecule has 0 aromatic heterocycles. The number of hydrogen-bond donors (Lipinski definition) is 2. The van der Waals surface area contributed by atoms with Crippen LogP contribution in [0.2, 0.25) is 0 Å². The number of aliphatic hydroxyl groups is 1. The highest BCUT2D eigenvalue weighted by molar-refractivity contribution is 7.80. The van der Waals surface area contributed by atoms with Crippen LogP contribution in [-0.2, 0) is 14.2 Å². The summed E-state index contributed by atoms with van der Waals surface area (Å²) in [6.07, 6.45) is -0.626. The van der Waals surface area contributed by atoms with Crippen LogP contribution >= 0.6 is 12.2 Å². The first-order valence-corrected chi connectivity index (χ1v) is 5.93. The van der Waals surface area contributed by atoms with E-state index in [-0.39, 0.29) is 19.0 Å². The van der Waals surface area contributed by atoms with Crippen LogP contribution in [0, 0.1) is 0 Å². The first kappa shape index (κ1) is 14.6. The van der Waals surface area contributed by atoms with Crippen LogP contribution < -0.4 is 5.32 Å². The van der Waals surface area contributed by atoms with Crippen LogP contribution in [0.25, 0.3) is 0 Å². The Morgan fingerprint density at radius 1 is 1.53 bits per heavy atom. The lowest BCUT2D eigenvalue weighted by Gasteiger charge is -2.38. The second-order valence-corrected chi connectivity index (χ2v) is 4.12. The normalized spacial score (nSPS) is 24.8. The van der Waals surface area contributed by atoms with Crippen molar-refractivity contribution in [1.29, 1.82) is 0 Å². The van der Waals surface area contributed by atoms with Gasteiger partial charge in [-0.15, -0.1) is 0 Å². The molecule has 6 nitrogen and oxygen atoms in total. The van der Waals surface area contributed by atoms with Crippen molar-refractivity contribution >= 4 is 17.3 Å². The fraction of sp³-hybridized carbons (Fsp3) is 0.900. The summed E-state index contributed by atoms with van der Waals surface area (Å²) in [5.74, 6) is 0. The molecular weight excluding hydrogens is 244 g/mol. The first-order chi connectivity index (χ1) is 8.21. The highest BCUT2D eigenvalue weighted by Gasteiger charge is 2.28. The summed E-state index contributed by atoms with van der Waals surface area (Å²) in [6, 6.07) is 0. The molecule has 0 aromatic carbocycles. The van der Waals surface area contributed by atoms with E-state index in [1.165, 1.54) is 0 Å². The van der Waals surface area contributed by atoms with Gasteiger partial charge in [-0.05, 0) is 12.2 Å². The predicted octanol–water partition coefficient (Wildman–Crippen LogP) is -0.827. The second kappa shape index (κ2) is 7.78. The standard InChI is InChI=1S/C10H20N2O4S/c1-14-4-3-11-10(17)12-5-8(7-13)16-9(6-12)15-2/h8-9,13H,3-7H2,1-2H3,(H,11,17)/t8-,9-/m0/s1. The molecule has 2 atom stereocenters. The fourth-order valence-electron chi connectivity index (χ4n) is 1.57. The molecule has 1 rings (SSSR count). The topological polar surface area (TPSA) is 63.2 Å². The van der Waals surface area contributed by atoms with Gasteiger partial charge in [0.1, 0.15) is 6.10 Å². The van der Waals surface area contributed by atoms with E-state index in [1.807, 2.05) is 4.90 Å². The maximum atomic E-state index is 9.13. The van der Waals surface area contributed by atoms with Gasteiger partial charge in [-0.25, -0.2) is 0 Å². The molecule has 100 valence electrons. The van der Waals surface area contributed by atoms with E-state index in [9.17, 15) is 0 Å². The van der Waals surface area contributed by atoms with E-state index in [4.69, 9.17) is 31.5 Å². The molecule has 1 saturated heterocycles. The Hall–Kier alpha value is -0.470. The molecular formula is C10H20N2O4S. The lowest BCUT2D eigenvalue weighted by atomic mass is 10.3. The van der Waals surface area contributed by atoms with Crippen molar-refractivity contribution < 1.29 is 19.3 Å². The minimum atomic E-state index is -0.358. The molecule has 0 bridgehead atoms. The van der Waals surface area contributed by atoms with E-state index in [1.54, 1.807) is 14.2 Å². The monoisotopic (exact) mass is 264 g/mol. The average Bonchev–Trinajstić information content (AvgIpc) is 2.38. The Kier molecular flexibility index (Phi) is 6.68. The SMILES string of the molecule is COCCNC(=S)N1C[C@@H](CO)O[C@H](OC)C1. The molecule has 17 heavy (non-hydrogen) atoms. The van der Waals surface area contributed by atoms with Crippen molar-refractivity contribution in [2.75, 3.05) is 47.1 Å². The van der Waals surface area contributed by atoms with Crippen molar-refractivity contribution in [3.8, 4) is 0 Å². The summed E-state index contributed by atoms with van der Waals surface area (Å²) >= 11 is 5.26. The third-order valence-electron chi connectivity index (χ3n) is 2.47. The summed E-state index contributed by atoms with van der Waals surface area (Å²) in [5.41, 5.74) is 0. The van der Waals surface area contributed by atoms with Crippen LogP contribution in [0.1, 0.15) is 0 Å². The van der Waals surface area contributed by atoms with Gasteiger partial charge in [0, 0.05) is 27.3 Å². The molecule has 0 unspecified atom stereocenters. The molecule has 1 aliphatic heterocycles. The summed E-state index contributed by atoms with van der Waals surface area (Å²) in [7, 11) is 3.21. The third kappa shape index (κ3) is 4.72. The number of hydrogen-bond acceptors (Lipinski definition) is 5. The number of methoxy groups -OCH3 is 2. The molecule has 0 amide bonds. The third-order valence-corrected chi connectivity index (χ3v) is 2.88. The molecule has 1 aliphatic rings. The molecule has 0 saturated carbocycles. The Morgan fingerprint density at radius 3 is 2.88 bits per heavy atom. The molecule has 1 fully saturated rings. The van der Waals surface area contributed by atoms with Crippen LogP contribution in [0.3, 0.4) is 0 Å². The van der Waals surface area contributed by atoms with E-state index in [0.29, 0.717) is 31.4 Å². The lowest BCUT2D eigenvalue weighted by molar-refractivity contribution is -0.196. The van der Waals surface area contributed by atoms with E-state index < -0.39 is 0 Å². The van der Waals surface area contributed by atoms with Crippen molar-refractivity contribution in [2.24, 2.45) is 0 Å². The van der Waals surface area contributed by atoms with Crippen molar-refractivity contribution in [3.63, 3.8) is 0 Å². The quantitative estimate of drug-likeness (QED) is 0.496. The van der Waals surface area contributed by atoms with Crippen molar-refractivity contribution in [3.05, 3.63) is 0 Å². The molecule has 1 heterocycles. The fourth-order valence-corrected chi connectivity index (χ4v) is 1.82. The number of ether oxygens (including phenoxy) is 3. The zero-order valence-electron chi connectivity index (χ0n) is 10.2. The number of aliphatic hydroxyl groups excluding tert-OH is 1. The molecule has 0 spiro atoms. The maximum Gasteiger partial charge on any atom is 0.175 e. The van der Waals surface area contributed by atoms with Crippen LogP contribution in [0.4, 0.5) is 0 Å². The van der Waals surface area contributed by atoms with Gasteiger partial charge in [0.25, 0.3) is 0 Å². The van der Waals surface area contributed by atoms with E-state index in [0.717, 1.165) is 0 Å². The molecule has 0 radical (unpaired) electrons. The predicted molar refractivity (Wildman–Crippen MR) is 66.8 cm³/mol. The van der Waals surface area contributed by atoms with Gasteiger partial charge in [0.15, 0.2) is 11.4 Å². The Morgan fingerprint density at radius 2 is 2.29 bits per heavy atom. The minimum absolute atomic E-state index is 0.0446. The van der Waals surface area contributed by atoms with Crippen LogP contribution in [0.15, 0.2) is 0 Å². The van der Waals surface area contributed by atoms with Gasteiger partial charge < -0.3 is 29.5 Å². The molecule has 2 N–H and O–H groups in total. The van der Waals surface area contributed by atoms with Crippen LogP contribution in [0.5, 0.6) is 0 Å².